The van der Waals surface area contributed by atoms with Crippen LogP contribution in [0.3, 0.4) is 0 Å². The number of aryl methyl sites for hydroxylation is 3. The van der Waals surface area contributed by atoms with Crippen LogP contribution >= 0.6 is 0 Å². The van der Waals surface area contributed by atoms with E-state index in [-0.39, 0.29) is 10.9 Å². The van der Waals surface area contributed by atoms with Gasteiger partial charge < -0.3 is 9.05 Å². The number of hydrogen-bond donors (Lipinski definition) is 0. The summed E-state index contributed by atoms with van der Waals surface area (Å²) in [6.45, 7) is 9.38. The van der Waals surface area contributed by atoms with Crippen molar-refractivity contribution in [2.24, 2.45) is 0 Å². The van der Waals surface area contributed by atoms with E-state index in [1.807, 2.05) is 6.92 Å². The first-order valence-electron chi connectivity index (χ1n) is 9.34. The molecule has 0 amide bonds. The number of piperazine rings is 1. The van der Waals surface area contributed by atoms with Gasteiger partial charge in [-0.2, -0.15) is 9.29 Å². The van der Waals surface area contributed by atoms with Gasteiger partial charge in [-0.15, -0.1) is 0 Å². The standard InChI is InChI=1S/C17H27N5O4S/c1-5-6-7-15-18-17(26-20-15)13(3)21-8-10-22(11-9-21)27(23,24)16-12(2)19-25-14(16)4/h13H,5-11H2,1-4H3. The van der Waals surface area contributed by atoms with Crippen molar-refractivity contribution in [3.63, 3.8) is 0 Å². The lowest BCUT2D eigenvalue weighted by Crippen LogP contribution is -2.49. The van der Waals surface area contributed by atoms with E-state index in [9.17, 15) is 8.42 Å². The van der Waals surface area contributed by atoms with Gasteiger partial charge in [-0.1, -0.05) is 23.7 Å². The molecular formula is C17H27N5O4S. The van der Waals surface area contributed by atoms with Crippen molar-refractivity contribution >= 4 is 10.0 Å². The average molecular weight is 398 g/mol. The lowest BCUT2D eigenvalue weighted by Gasteiger charge is -2.36. The van der Waals surface area contributed by atoms with E-state index in [1.54, 1.807) is 13.8 Å². The highest BCUT2D eigenvalue weighted by Gasteiger charge is 2.35. The Morgan fingerprint density at radius 3 is 2.41 bits per heavy atom. The fourth-order valence-electron chi connectivity index (χ4n) is 3.33. The van der Waals surface area contributed by atoms with Gasteiger partial charge in [0.15, 0.2) is 11.6 Å². The highest BCUT2D eigenvalue weighted by atomic mass is 32.2. The molecular weight excluding hydrogens is 370 g/mol. The fraction of sp³-hybridized carbons (Fsp3) is 0.706. The largest absolute Gasteiger partial charge is 0.360 e. The SMILES string of the molecule is CCCCc1noc(C(C)N2CCN(S(=O)(=O)c3c(C)noc3C)CC2)n1. The highest BCUT2D eigenvalue weighted by molar-refractivity contribution is 7.89. The van der Waals surface area contributed by atoms with Crippen molar-refractivity contribution in [3.05, 3.63) is 23.2 Å². The Labute approximate surface area is 159 Å². The number of unbranched alkanes of at least 4 members (excludes halogenated alkanes) is 1. The third-order valence-electron chi connectivity index (χ3n) is 4.98. The van der Waals surface area contributed by atoms with Crippen LogP contribution in [0.5, 0.6) is 0 Å². The molecule has 1 unspecified atom stereocenters. The molecule has 1 aliphatic heterocycles. The first kappa shape index (κ1) is 20.0. The smallest absolute Gasteiger partial charge is 0.248 e. The molecule has 3 heterocycles. The maximum absolute atomic E-state index is 12.9. The van der Waals surface area contributed by atoms with Crippen LogP contribution in [0.15, 0.2) is 13.9 Å². The summed E-state index contributed by atoms with van der Waals surface area (Å²) >= 11 is 0. The summed E-state index contributed by atoms with van der Waals surface area (Å²) in [5.74, 6) is 1.65. The monoisotopic (exact) mass is 397 g/mol. The Balaban J connectivity index is 1.64. The summed E-state index contributed by atoms with van der Waals surface area (Å²) in [6, 6.07) is -0.0446. The maximum Gasteiger partial charge on any atom is 0.248 e. The molecule has 1 aliphatic rings. The predicted molar refractivity (Wildman–Crippen MR) is 97.6 cm³/mol. The molecule has 0 radical (unpaired) electrons. The Morgan fingerprint density at radius 2 is 1.81 bits per heavy atom. The number of hydrogen-bond acceptors (Lipinski definition) is 8. The van der Waals surface area contributed by atoms with Crippen molar-refractivity contribution in [2.75, 3.05) is 26.2 Å². The zero-order chi connectivity index (χ0) is 19.6. The molecule has 1 fully saturated rings. The molecule has 2 aromatic heterocycles. The third-order valence-corrected chi connectivity index (χ3v) is 7.13. The molecule has 0 spiro atoms. The average Bonchev–Trinajstić information content (AvgIpc) is 3.26. The van der Waals surface area contributed by atoms with Crippen LogP contribution in [0.25, 0.3) is 0 Å². The molecule has 27 heavy (non-hydrogen) atoms. The van der Waals surface area contributed by atoms with Gasteiger partial charge in [-0.3, -0.25) is 4.90 Å². The van der Waals surface area contributed by atoms with Gasteiger partial charge in [0, 0.05) is 32.6 Å². The van der Waals surface area contributed by atoms with Crippen LogP contribution in [0.1, 0.15) is 55.9 Å². The molecule has 0 bridgehead atoms. The van der Waals surface area contributed by atoms with Gasteiger partial charge >= 0.3 is 0 Å². The second-order valence-corrected chi connectivity index (χ2v) is 8.80. The summed E-state index contributed by atoms with van der Waals surface area (Å²) in [4.78, 5) is 6.83. The second kappa shape index (κ2) is 8.07. The summed E-state index contributed by atoms with van der Waals surface area (Å²) in [6.07, 6.45) is 2.93. The minimum atomic E-state index is -3.60. The van der Waals surface area contributed by atoms with Crippen LogP contribution in [-0.4, -0.2) is 59.1 Å². The zero-order valence-corrected chi connectivity index (χ0v) is 17.1. The first-order valence-corrected chi connectivity index (χ1v) is 10.8. The summed E-state index contributed by atoms with van der Waals surface area (Å²) in [7, 11) is -3.60. The number of sulfonamides is 1. The lowest BCUT2D eigenvalue weighted by atomic mass is 10.2. The molecule has 0 N–H and O–H groups in total. The van der Waals surface area contributed by atoms with Gasteiger partial charge in [-0.05, 0) is 27.2 Å². The van der Waals surface area contributed by atoms with Gasteiger partial charge in [0.05, 0.1) is 6.04 Å². The van der Waals surface area contributed by atoms with Gasteiger partial charge in [0.25, 0.3) is 0 Å². The van der Waals surface area contributed by atoms with Crippen molar-refractivity contribution in [2.45, 2.75) is 57.9 Å². The van der Waals surface area contributed by atoms with Gasteiger partial charge in [-0.25, -0.2) is 8.42 Å². The van der Waals surface area contributed by atoms with Crippen LogP contribution in [0.2, 0.25) is 0 Å². The Morgan fingerprint density at radius 1 is 1.11 bits per heavy atom. The molecule has 1 atom stereocenters. The molecule has 3 rings (SSSR count). The predicted octanol–water partition coefficient (Wildman–Crippen LogP) is 2.08. The van der Waals surface area contributed by atoms with Crippen LogP contribution < -0.4 is 0 Å². The second-order valence-electron chi connectivity index (χ2n) is 6.92. The molecule has 0 aliphatic carbocycles. The van der Waals surface area contributed by atoms with E-state index in [4.69, 9.17) is 9.05 Å². The topological polar surface area (TPSA) is 106 Å². The molecule has 150 valence electrons. The normalized spacial score (nSPS) is 18.1. The summed E-state index contributed by atoms with van der Waals surface area (Å²) < 4.78 is 37.7. The van der Waals surface area contributed by atoms with Crippen molar-refractivity contribution < 1.29 is 17.5 Å². The van der Waals surface area contributed by atoms with Gasteiger partial charge in [0.2, 0.25) is 15.9 Å². The van der Waals surface area contributed by atoms with Crippen LogP contribution in [0, 0.1) is 13.8 Å². The molecule has 9 nitrogen and oxygen atoms in total. The maximum atomic E-state index is 12.9. The minimum Gasteiger partial charge on any atom is -0.360 e. The first-order chi connectivity index (χ1) is 12.8. The van der Waals surface area contributed by atoms with E-state index < -0.39 is 10.0 Å². The van der Waals surface area contributed by atoms with E-state index in [2.05, 4.69) is 27.1 Å². The fourth-order valence-corrected chi connectivity index (χ4v) is 5.05. The molecule has 0 aromatic carbocycles. The molecule has 10 heteroatoms. The summed E-state index contributed by atoms with van der Waals surface area (Å²) in [5.41, 5.74) is 0.397. The van der Waals surface area contributed by atoms with Crippen LogP contribution in [0.4, 0.5) is 0 Å². The highest BCUT2D eigenvalue weighted by Crippen LogP contribution is 2.26. The van der Waals surface area contributed by atoms with Crippen molar-refractivity contribution in [1.82, 2.24) is 24.5 Å². The Kier molecular flexibility index (Phi) is 5.97. The van der Waals surface area contributed by atoms with E-state index in [1.165, 1.54) is 4.31 Å². The lowest BCUT2D eigenvalue weighted by molar-refractivity contribution is 0.124. The quantitative estimate of drug-likeness (QED) is 0.699. The zero-order valence-electron chi connectivity index (χ0n) is 16.3. The minimum absolute atomic E-state index is 0.0446. The number of aromatic nitrogens is 3. The number of nitrogens with zero attached hydrogens (tertiary/aromatic N) is 5. The number of rotatable bonds is 7. The Bertz CT molecular complexity index is 848. The third kappa shape index (κ3) is 4.07. The molecule has 2 aromatic rings. The van der Waals surface area contributed by atoms with E-state index >= 15 is 0 Å². The van der Waals surface area contributed by atoms with Gasteiger partial charge in [0.1, 0.15) is 10.6 Å². The molecule has 0 saturated carbocycles. The van der Waals surface area contributed by atoms with Crippen molar-refractivity contribution in [1.29, 1.82) is 0 Å². The Hall–Kier alpha value is -1.78. The van der Waals surface area contributed by atoms with Crippen molar-refractivity contribution in [3.8, 4) is 0 Å². The van der Waals surface area contributed by atoms with Crippen LogP contribution in [-0.2, 0) is 16.4 Å². The molecule has 1 saturated heterocycles. The summed E-state index contributed by atoms with van der Waals surface area (Å²) in [5, 5.41) is 7.81. The van der Waals surface area contributed by atoms with E-state index in [0.29, 0.717) is 43.5 Å². The van der Waals surface area contributed by atoms with E-state index in [0.717, 1.165) is 25.1 Å².